The largest absolute Gasteiger partial charge is 0.333 e. The van der Waals surface area contributed by atoms with Crippen molar-refractivity contribution in [2.24, 2.45) is 0 Å². The summed E-state index contributed by atoms with van der Waals surface area (Å²) in [4.78, 5) is 18.0. The molecule has 2 rings (SSSR count). The Morgan fingerprint density at radius 1 is 1.44 bits per heavy atom. The van der Waals surface area contributed by atoms with Crippen LogP contribution in [0.15, 0.2) is 0 Å². The normalized spacial score (nSPS) is 17.4. The van der Waals surface area contributed by atoms with Gasteiger partial charge < -0.3 is 4.90 Å². The highest BCUT2D eigenvalue weighted by Crippen LogP contribution is 2.23. The van der Waals surface area contributed by atoms with Crippen molar-refractivity contribution in [1.82, 2.24) is 20.1 Å². The van der Waals surface area contributed by atoms with E-state index in [1.807, 2.05) is 11.8 Å². The number of hydrogen-bond acceptors (Lipinski definition) is 3. The fraction of sp³-hybridized carbons (Fsp3) is 0.769. The second-order valence-corrected chi connectivity index (χ2v) is 4.96. The Labute approximate surface area is 108 Å². The summed E-state index contributed by atoms with van der Waals surface area (Å²) in [5.74, 6) is 1.91. The predicted octanol–water partition coefficient (Wildman–Crippen LogP) is 2.22. The van der Waals surface area contributed by atoms with Gasteiger partial charge in [0.25, 0.3) is 0 Å². The average Bonchev–Trinajstić information content (AvgIpc) is 2.98. The molecule has 0 spiro atoms. The molecule has 1 aromatic heterocycles. The van der Waals surface area contributed by atoms with E-state index >= 15 is 0 Å². The van der Waals surface area contributed by atoms with Crippen molar-refractivity contribution in [2.75, 3.05) is 6.54 Å². The first kappa shape index (κ1) is 13.1. The number of H-pyrrole nitrogens is 1. The maximum Gasteiger partial charge on any atom is 0.223 e. The molecule has 1 amide bonds. The molecule has 1 aliphatic heterocycles. The second kappa shape index (κ2) is 5.98. The van der Waals surface area contributed by atoms with Gasteiger partial charge in [0.2, 0.25) is 5.91 Å². The smallest absolute Gasteiger partial charge is 0.223 e. The van der Waals surface area contributed by atoms with Crippen molar-refractivity contribution in [2.45, 2.75) is 58.4 Å². The third-order valence-corrected chi connectivity index (χ3v) is 3.52. The van der Waals surface area contributed by atoms with Crippen molar-refractivity contribution in [3.63, 3.8) is 0 Å². The summed E-state index contributed by atoms with van der Waals surface area (Å²) < 4.78 is 0. The maximum absolute atomic E-state index is 11.7. The monoisotopic (exact) mass is 250 g/mol. The summed E-state index contributed by atoms with van der Waals surface area (Å²) >= 11 is 0. The van der Waals surface area contributed by atoms with Gasteiger partial charge in [-0.25, -0.2) is 4.98 Å². The number of aromatic amines is 1. The molecular weight excluding hydrogens is 228 g/mol. The van der Waals surface area contributed by atoms with Gasteiger partial charge in [-0.15, -0.1) is 0 Å². The van der Waals surface area contributed by atoms with E-state index in [1.165, 1.54) is 12.8 Å². The Balaban J connectivity index is 1.94. The average molecular weight is 250 g/mol. The lowest BCUT2D eigenvalue weighted by Crippen LogP contribution is -2.28. The van der Waals surface area contributed by atoms with E-state index in [4.69, 9.17) is 0 Å². The lowest BCUT2D eigenvalue weighted by molar-refractivity contribution is -0.129. The van der Waals surface area contributed by atoms with E-state index in [2.05, 4.69) is 22.1 Å². The third kappa shape index (κ3) is 2.89. The van der Waals surface area contributed by atoms with Crippen LogP contribution in [-0.2, 0) is 11.2 Å². The maximum atomic E-state index is 11.7. The van der Waals surface area contributed by atoms with Crippen LogP contribution >= 0.6 is 0 Å². The highest BCUT2D eigenvalue weighted by atomic mass is 16.2. The molecule has 18 heavy (non-hydrogen) atoms. The Hall–Kier alpha value is -1.39. The number of rotatable bonds is 6. The van der Waals surface area contributed by atoms with Gasteiger partial charge in [0.15, 0.2) is 5.82 Å². The van der Waals surface area contributed by atoms with Crippen LogP contribution in [0.3, 0.4) is 0 Å². The molecule has 1 N–H and O–H groups in total. The summed E-state index contributed by atoms with van der Waals surface area (Å²) in [5.41, 5.74) is 0. The lowest BCUT2D eigenvalue weighted by Gasteiger charge is -2.21. The number of aromatic nitrogens is 3. The molecule has 5 heteroatoms. The molecule has 1 aliphatic rings. The molecule has 1 fully saturated rings. The van der Waals surface area contributed by atoms with Crippen molar-refractivity contribution in [3.05, 3.63) is 11.6 Å². The molecule has 5 nitrogen and oxygen atoms in total. The van der Waals surface area contributed by atoms with Gasteiger partial charge in [-0.3, -0.25) is 9.89 Å². The molecule has 0 aliphatic carbocycles. The van der Waals surface area contributed by atoms with Gasteiger partial charge in [-0.05, 0) is 19.8 Å². The Bertz CT molecular complexity index is 401. The summed E-state index contributed by atoms with van der Waals surface area (Å²) in [6.07, 6.45) is 6.13. The van der Waals surface area contributed by atoms with Crippen LogP contribution in [-0.4, -0.2) is 32.5 Å². The topological polar surface area (TPSA) is 61.9 Å². The van der Waals surface area contributed by atoms with Crippen LogP contribution in [0.5, 0.6) is 0 Å². The Morgan fingerprint density at radius 3 is 2.94 bits per heavy atom. The van der Waals surface area contributed by atoms with Crippen molar-refractivity contribution < 1.29 is 4.79 Å². The highest BCUT2D eigenvalue weighted by molar-refractivity contribution is 5.78. The number of hydrogen-bond donors (Lipinski definition) is 1. The molecule has 0 aromatic carbocycles. The number of likely N-dealkylation sites (tertiary alicyclic amines) is 1. The molecule has 1 atom stereocenters. The van der Waals surface area contributed by atoms with Crippen molar-refractivity contribution in [3.8, 4) is 0 Å². The molecule has 2 heterocycles. The first-order chi connectivity index (χ1) is 8.72. The van der Waals surface area contributed by atoms with Crippen LogP contribution in [0.4, 0.5) is 0 Å². The van der Waals surface area contributed by atoms with E-state index in [0.29, 0.717) is 6.42 Å². The SMILES string of the molecule is CCCCCc1nc([C@H](C)N2CCCC2=O)n[nH]1. The van der Waals surface area contributed by atoms with E-state index < -0.39 is 0 Å². The zero-order valence-electron chi connectivity index (χ0n) is 11.3. The molecule has 100 valence electrons. The molecular formula is C13H22N4O. The predicted molar refractivity (Wildman–Crippen MR) is 69.0 cm³/mol. The minimum Gasteiger partial charge on any atom is -0.333 e. The lowest BCUT2D eigenvalue weighted by atomic mass is 10.2. The molecule has 0 radical (unpaired) electrons. The van der Waals surface area contributed by atoms with Gasteiger partial charge in [-0.1, -0.05) is 19.8 Å². The van der Waals surface area contributed by atoms with Gasteiger partial charge in [0.1, 0.15) is 5.82 Å². The fourth-order valence-electron chi connectivity index (χ4n) is 2.37. The van der Waals surface area contributed by atoms with Crippen LogP contribution in [0.2, 0.25) is 0 Å². The van der Waals surface area contributed by atoms with Crippen molar-refractivity contribution in [1.29, 1.82) is 0 Å². The van der Waals surface area contributed by atoms with E-state index in [9.17, 15) is 4.79 Å². The fourth-order valence-corrected chi connectivity index (χ4v) is 2.37. The number of carbonyl (C=O) groups excluding carboxylic acids is 1. The van der Waals surface area contributed by atoms with Gasteiger partial charge in [0.05, 0.1) is 6.04 Å². The first-order valence-electron chi connectivity index (χ1n) is 6.93. The summed E-state index contributed by atoms with van der Waals surface area (Å²) in [7, 11) is 0. The van der Waals surface area contributed by atoms with E-state index in [1.54, 1.807) is 0 Å². The molecule has 0 saturated carbocycles. The number of aryl methyl sites for hydroxylation is 1. The summed E-state index contributed by atoms with van der Waals surface area (Å²) in [5, 5.41) is 7.23. The van der Waals surface area contributed by atoms with E-state index in [-0.39, 0.29) is 11.9 Å². The molecule has 1 aromatic rings. The van der Waals surface area contributed by atoms with Crippen LogP contribution < -0.4 is 0 Å². The quantitative estimate of drug-likeness (QED) is 0.787. The van der Waals surface area contributed by atoms with Gasteiger partial charge in [-0.2, -0.15) is 5.10 Å². The number of nitrogens with one attached hydrogen (secondary N) is 1. The van der Waals surface area contributed by atoms with Gasteiger partial charge in [0, 0.05) is 19.4 Å². The number of unbranched alkanes of at least 4 members (excludes halogenated alkanes) is 2. The third-order valence-electron chi connectivity index (χ3n) is 3.52. The number of carbonyl (C=O) groups is 1. The highest BCUT2D eigenvalue weighted by Gasteiger charge is 2.28. The minimum atomic E-state index is -0.00354. The number of nitrogens with zero attached hydrogens (tertiary/aromatic N) is 3. The zero-order valence-corrected chi connectivity index (χ0v) is 11.3. The first-order valence-corrected chi connectivity index (χ1v) is 6.93. The molecule has 1 saturated heterocycles. The minimum absolute atomic E-state index is 0.00354. The van der Waals surface area contributed by atoms with Crippen LogP contribution in [0.25, 0.3) is 0 Å². The molecule has 0 bridgehead atoms. The van der Waals surface area contributed by atoms with Crippen LogP contribution in [0.1, 0.15) is 63.6 Å². The van der Waals surface area contributed by atoms with Crippen LogP contribution in [0, 0.1) is 0 Å². The summed E-state index contributed by atoms with van der Waals surface area (Å²) in [6, 6.07) is -0.00354. The number of amides is 1. The van der Waals surface area contributed by atoms with E-state index in [0.717, 1.165) is 37.5 Å². The Kier molecular flexibility index (Phi) is 4.33. The standard InChI is InChI=1S/C13H22N4O/c1-3-4-5-7-11-14-13(16-15-11)10(2)17-9-6-8-12(17)18/h10H,3-9H2,1-2H3,(H,14,15,16)/t10-/m0/s1. The summed E-state index contributed by atoms with van der Waals surface area (Å²) in [6.45, 7) is 5.02. The zero-order chi connectivity index (χ0) is 13.0. The van der Waals surface area contributed by atoms with Gasteiger partial charge >= 0.3 is 0 Å². The second-order valence-electron chi connectivity index (χ2n) is 4.96. The molecule has 0 unspecified atom stereocenters. The van der Waals surface area contributed by atoms with Crippen molar-refractivity contribution >= 4 is 5.91 Å². The Morgan fingerprint density at radius 2 is 2.28 bits per heavy atom.